The highest BCUT2D eigenvalue weighted by molar-refractivity contribution is 7.16. The Labute approximate surface area is 145 Å². The average Bonchev–Trinajstić information content (AvgIpc) is 2.89. The molecule has 0 saturated heterocycles. The third kappa shape index (κ3) is 3.06. The van der Waals surface area contributed by atoms with Crippen molar-refractivity contribution in [1.82, 2.24) is 0 Å². The molecule has 6 heteroatoms. The highest BCUT2D eigenvalue weighted by Crippen LogP contribution is 2.39. The maximum absolute atomic E-state index is 12.8. The van der Waals surface area contributed by atoms with Gasteiger partial charge in [0, 0.05) is 10.9 Å². The van der Waals surface area contributed by atoms with Gasteiger partial charge >= 0.3 is 0 Å². The second-order valence-corrected chi connectivity index (χ2v) is 7.25. The lowest BCUT2D eigenvalue weighted by Crippen LogP contribution is -2.18. The van der Waals surface area contributed by atoms with Crippen molar-refractivity contribution in [2.75, 3.05) is 25.3 Å². The Morgan fingerprint density at radius 2 is 2.12 bits per heavy atom. The highest BCUT2D eigenvalue weighted by atomic mass is 32.1. The average molecular weight is 346 g/mol. The Balaban J connectivity index is 1.91. The van der Waals surface area contributed by atoms with Gasteiger partial charge in [-0.25, -0.2) is 0 Å². The minimum Gasteiger partial charge on any atom is -0.497 e. The molecule has 1 amide bonds. The van der Waals surface area contributed by atoms with Crippen LogP contribution in [0.3, 0.4) is 0 Å². The van der Waals surface area contributed by atoms with Gasteiger partial charge in [0.15, 0.2) is 0 Å². The van der Waals surface area contributed by atoms with E-state index in [4.69, 9.17) is 15.2 Å². The molecule has 1 aliphatic rings. The number of rotatable bonds is 4. The summed E-state index contributed by atoms with van der Waals surface area (Å²) in [6.07, 6.45) is 2.99. The van der Waals surface area contributed by atoms with E-state index in [0.29, 0.717) is 33.7 Å². The fourth-order valence-electron chi connectivity index (χ4n) is 3.12. The number of hydrogen-bond donors (Lipinski definition) is 2. The molecule has 1 aromatic heterocycles. The monoisotopic (exact) mass is 346 g/mol. The molecular weight excluding hydrogens is 324 g/mol. The van der Waals surface area contributed by atoms with Crippen LogP contribution in [0, 0.1) is 5.92 Å². The first-order valence-corrected chi connectivity index (χ1v) is 8.78. The number of thiophene rings is 1. The maximum Gasteiger partial charge on any atom is 0.259 e. The number of methoxy groups -OCH3 is 2. The fraction of sp³-hybridized carbons (Fsp3) is 0.389. The maximum atomic E-state index is 12.8. The normalized spacial score (nSPS) is 16.4. The van der Waals surface area contributed by atoms with Crippen molar-refractivity contribution in [2.24, 2.45) is 5.92 Å². The lowest BCUT2D eigenvalue weighted by atomic mass is 9.88. The molecule has 0 radical (unpaired) electrons. The second kappa shape index (κ2) is 6.73. The SMILES string of the molecule is COc1ccc(OC)c(NC(=O)c2c(N)sc3c2CCC(C)C3)c1. The minimum atomic E-state index is -0.189. The Morgan fingerprint density at radius 3 is 2.83 bits per heavy atom. The van der Waals surface area contributed by atoms with Crippen LogP contribution in [0.4, 0.5) is 10.7 Å². The number of ether oxygens (including phenoxy) is 2. The lowest BCUT2D eigenvalue weighted by Gasteiger charge is -2.19. The predicted octanol–water partition coefficient (Wildman–Crippen LogP) is 3.72. The van der Waals surface area contributed by atoms with E-state index in [2.05, 4.69) is 12.2 Å². The number of nitrogens with two attached hydrogens (primary N) is 1. The standard InChI is InChI=1S/C18H22N2O3S/c1-10-4-6-12-15(8-10)24-17(19)16(12)18(21)20-13-9-11(22-2)5-7-14(13)23-3/h5,7,9-10H,4,6,8,19H2,1-3H3,(H,20,21). The van der Waals surface area contributed by atoms with E-state index in [1.807, 2.05) is 0 Å². The number of fused-ring (bicyclic) bond motifs is 1. The molecule has 3 rings (SSSR count). The van der Waals surface area contributed by atoms with Crippen molar-refractivity contribution in [3.05, 3.63) is 34.2 Å². The Kier molecular flexibility index (Phi) is 4.66. The molecule has 0 saturated carbocycles. The molecule has 3 N–H and O–H groups in total. The highest BCUT2D eigenvalue weighted by Gasteiger charge is 2.27. The molecule has 24 heavy (non-hydrogen) atoms. The predicted molar refractivity (Wildman–Crippen MR) is 97.4 cm³/mol. The molecule has 0 bridgehead atoms. The zero-order valence-electron chi connectivity index (χ0n) is 14.1. The van der Waals surface area contributed by atoms with E-state index in [1.165, 1.54) is 16.2 Å². The van der Waals surface area contributed by atoms with Crippen LogP contribution < -0.4 is 20.5 Å². The molecule has 128 valence electrons. The van der Waals surface area contributed by atoms with Crippen LogP contribution in [0.25, 0.3) is 0 Å². The van der Waals surface area contributed by atoms with Crippen molar-refractivity contribution in [3.8, 4) is 11.5 Å². The summed E-state index contributed by atoms with van der Waals surface area (Å²) in [6, 6.07) is 5.30. The van der Waals surface area contributed by atoms with E-state index in [-0.39, 0.29) is 5.91 Å². The van der Waals surface area contributed by atoms with Crippen LogP contribution in [0.5, 0.6) is 11.5 Å². The molecular formula is C18H22N2O3S. The van der Waals surface area contributed by atoms with Gasteiger partial charge in [-0.05, 0) is 42.9 Å². The smallest absolute Gasteiger partial charge is 0.259 e. The molecule has 1 atom stereocenters. The van der Waals surface area contributed by atoms with Crippen LogP contribution in [0.2, 0.25) is 0 Å². The van der Waals surface area contributed by atoms with E-state index in [0.717, 1.165) is 24.8 Å². The van der Waals surface area contributed by atoms with Gasteiger partial charge in [-0.2, -0.15) is 0 Å². The van der Waals surface area contributed by atoms with Crippen LogP contribution in [-0.4, -0.2) is 20.1 Å². The van der Waals surface area contributed by atoms with Gasteiger partial charge in [0.2, 0.25) is 0 Å². The number of benzene rings is 1. The fourth-order valence-corrected chi connectivity index (χ4v) is 4.40. The van der Waals surface area contributed by atoms with E-state index < -0.39 is 0 Å². The Bertz CT molecular complexity index is 770. The second-order valence-electron chi connectivity index (χ2n) is 6.11. The van der Waals surface area contributed by atoms with Crippen molar-refractivity contribution in [1.29, 1.82) is 0 Å². The van der Waals surface area contributed by atoms with Gasteiger partial charge in [0.1, 0.15) is 11.5 Å². The number of anilines is 2. The first kappa shape index (κ1) is 16.6. The summed E-state index contributed by atoms with van der Waals surface area (Å²) in [5.41, 5.74) is 8.45. The molecule has 2 aromatic rings. The Hall–Kier alpha value is -2.21. The Morgan fingerprint density at radius 1 is 1.33 bits per heavy atom. The number of nitrogen functional groups attached to an aromatic ring is 1. The van der Waals surface area contributed by atoms with Crippen molar-refractivity contribution >= 4 is 27.9 Å². The number of nitrogens with one attached hydrogen (secondary N) is 1. The molecule has 0 fully saturated rings. The molecule has 0 spiro atoms. The van der Waals surface area contributed by atoms with Gasteiger partial charge in [0.05, 0.1) is 30.5 Å². The van der Waals surface area contributed by atoms with Crippen LogP contribution >= 0.6 is 11.3 Å². The van der Waals surface area contributed by atoms with Crippen LogP contribution in [0.1, 0.15) is 34.1 Å². The van der Waals surface area contributed by atoms with Gasteiger partial charge in [-0.1, -0.05) is 6.92 Å². The summed E-state index contributed by atoms with van der Waals surface area (Å²) < 4.78 is 10.5. The molecule has 1 aliphatic carbocycles. The van der Waals surface area contributed by atoms with E-state index >= 15 is 0 Å². The summed E-state index contributed by atoms with van der Waals surface area (Å²) in [5, 5.41) is 3.51. The quantitative estimate of drug-likeness (QED) is 0.885. The van der Waals surface area contributed by atoms with E-state index in [1.54, 1.807) is 32.4 Å². The van der Waals surface area contributed by atoms with Crippen LogP contribution in [0.15, 0.2) is 18.2 Å². The number of hydrogen-bond acceptors (Lipinski definition) is 5. The van der Waals surface area contributed by atoms with Gasteiger partial charge in [-0.3, -0.25) is 4.79 Å². The third-order valence-corrected chi connectivity index (χ3v) is 5.50. The molecule has 0 aliphatic heterocycles. The van der Waals surface area contributed by atoms with E-state index in [9.17, 15) is 4.79 Å². The first-order chi connectivity index (χ1) is 11.5. The first-order valence-electron chi connectivity index (χ1n) is 7.96. The topological polar surface area (TPSA) is 73.6 Å². The zero-order valence-corrected chi connectivity index (χ0v) is 15.0. The summed E-state index contributed by atoms with van der Waals surface area (Å²) in [7, 11) is 3.15. The molecule has 5 nitrogen and oxygen atoms in total. The molecule has 1 unspecified atom stereocenters. The van der Waals surface area contributed by atoms with Gasteiger partial charge in [0.25, 0.3) is 5.91 Å². The van der Waals surface area contributed by atoms with Gasteiger partial charge in [-0.15, -0.1) is 11.3 Å². The molecule has 1 aromatic carbocycles. The number of amides is 1. The zero-order chi connectivity index (χ0) is 17.3. The van der Waals surface area contributed by atoms with Crippen molar-refractivity contribution in [3.63, 3.8) is 0 Å². The van der Waals surface area contributed by atoms with Gasteiger partial charge < -0.3 is 20.5 Å². The summed E-state index contributed by atoms with van der Waals surface area (Å²) in [4.78, 5) is 14.1. The van der Waals surface area contributed by atoms with Crippen molar-refractivity contribution < 1.29 is 14.3 Å². The van der Waals surface area contributed by atoms with Crippen LogP contribution in [-0.2, 0) is 12.8 Å². The lowest BCUT2D eigenvalue weighted by molar-refractivity contribution is 0.102. The van der Waals surface area contributed by atoms with Crippen molar-refractivity contribution in [2.45, 2.75) is 26.2 Å². The number of carbonyl (C=O) groups excluding carboxylic acids is 1. The molecule has 1 heterocycles. The third-order valence-electron chi connectivity index (χ3n) is 4.42. The summed E-state index contributed by atoms with van der Waals surface area (Å²) in [6.45, 7) is 2.24. The largest absolute Gasteiger partial charge is 0.497 e. The summed E-state index contributed by atoms with van der Waals surface area (Å²) >= 11 is 1.54. The minimum absolute atomic E-state index is 0.189. The summed E-state index contributed by atoms with van der Waals surface area (Å²) in [5.74, 6) is 1.69. The number of carbonyl (C=O) groups is 1.